The Morgan fingerprint density at radius 1 is 1.36 bits per heavy atom. The molecule has 122 valence electrons. The molecule has 22 heavy (non-hydrogen) atoms. The molecule has 1 saturated heterocycles. The summed E-state index contributed by atoms with van der Waals surface area (Å²) in [5.41, 5.74) is 5.32. The van der Waals surface area contributed by atoms with E-state index in [0.717, 1.165) is 38.4 Å². The monoisotopic (exact) mass is 314 g/mol. The maximum atomic E-state index is 12.7. The predicted molar refractivity (Wildman–Crippen MR) is 78.1 cm³/mol. The molecule has 1 heterocycles. The van der Waals surface area contributed by atoms with Crippen molar-refractivity contribution in [2.45, 2.75) is 31.9 Å². The van der Waals surface area contributed by atoms with Crippen LogP contribution in [0.15, 0.2) is 24.3 Å². The summed E-state index contributed by atoms with van der Waals surface area (Å²) >= 11 is 0. The van der Waals surface area contributed by atoms with Crippen LogP contribution in [0.3, 0.4) is 0 Å². The quantitative estimate of drug-likeness (QED) is 0.908. The van der Waals surface area contributed by atoms with Gasteiger partial charge in [-0.25, -0.2) is 0 Å². The van der Waals surface area contributed by atoms with Gasteiger partial charge in [-0.2, -0.15) is 13.2 Å². The lowest BCUT2D eigenvalue weighted by Gasteiger charge is -2.31. The van der Waals surface area contributed by atoms with Crippen LogP contribution in [0.2, 0.25) is 0 Å². The molecule has 1 unspecified atom stereocenters. The second kappa shape index (κ2) is 7.13. The van der Waals surface area contributed by atoms with Gasteiger partial charge in [0.1, 0.15) is 0 Å². The zero-order chi connectivity index (χ0) is 16.2. The van der Waals surface area contributed by atoms with Crippen molar-refractivity contribution in [1.29, 1.82) is 0 Å². The highest BCUT2D eigenvalue weighted by Crippen LogP contribution is 2.30. The number of nitrogens with zero attached hydrogens (tertiary/aromatic N) is 1. The van der Waals surface area contributed by atoms with Gasteiger partial charge in [0.05, 0.1) is 12.1 Å². The van der Waals surface area contributed by atoms with E-state index in [-0.39, 0.29) is 12.5 Å². The van der Waals surface area contributed by atoms with Crippen molar-refractivity contribution in [1.82, 2.24) is 4.90 Å². The van der Waals surface area contributed by atoms with Crippen LogP contribution in [-0.4, -0.2) is 30.4 Å². The lowest BCUT2D eigenvalue weighted by Crippen LogP contribution is -2.40. The van der Waals surface area contributed by atoms with Crippen molar-refractivity contribution >= 4 is 5.91 Å². The van der Waals surface area contributed by atoms with Crippen molar-refractivity contribution in [3.05, 3.63) is 35.4 Å². The molecule has 1 atom stereocenters. The first-order valence-corrected chi connectivity index (χ1v) is 7.51. The Hall–Kier alpha value is -1.56. The highest BCUT2D eigenvalue weighted by molar-refractivity contribution is 5.75. The van der Waals surface area contributed by atoms with Gasteiger partial charge in [0.2, 0.25) is 5.91 Å². The second-order valence-electron chi connectivity index (χ2n) is 5.95. The number of hydrogen-bond acceptors (Lipinski definition) is 2. The molecule has 0 aromatic heterocycles. The lowest BCUT2D eigenvalue weighted by molar-refractivity contribution is -0.137. The largest absolute Gasteiger partial charge is 0.416 e. The molecule has 0 bridgehead atoms. The van der Waals surface area contributed by atoms with Crippen LogP contribution >= 0.6 is 0 Å². The molecule has 0 spiro atoms. The summed E-state index contributed by atoms with van der Waals surface area (Å²) in [7, 11) is 0. The highest BCUT2D eigenvalue weighted by Gasteiger charge is 2.30. The Bertz CT molecular complexity index is 516. The number of alkyl halides is 3. The maximum Gasteiger partial charge on any atom is 0.416 e. The highest BCUT2D eigenvalue weighted by atomic mass is 19.4. The number of aryl methyl sites for hydroxylation is 1. The molecule has 6 heteroatoms. The number of rotatable bonds is 5. The number of carbonyl (C=O) groups excluding carboxylic acids is 1. The standard InChI is InChI=1S/C16H21F3N2O/c17-16(18,19)14-5-1-3-12(9-14)6-7-13-4-2-8-21(10-13)11-15(20)22/h1,3,5,9,13H,2,4,6-8,10-11H2,(H2,20,22). The smallest absolute Gasteiger partial charge is 0.369 e. The molecular formula is C16H21F3N2O. The number of carbonyl (C=O) groups is 1. The zero-order valence-electron chi connectivity index (χ0n) is 12.4. The van der Waals surface area contributed by atoms with E-state index in [1.165, 1.54) is 12.1 Å². The first-order valence-electron chi connectivity index (χ1n) is 7.51. The van der Waals surface area contributed by atoms with Crippen molar-refractivity contribution < 1.29 is 18.0 Å². The van der Waals surface area contributed by atoms with Gasteiger partial charge < -0.3 is 5.73 Å². The van der Waals surface area contributed by atoms with Crippen LogP contribution in [0.5, 0.6) is 0 Å². The van der Waals surface area contributed by atoms with Crippen LogP contribution in [0.25, 0.3) is 0 Å². The summed E-state index contributed by atoms with van der Waals surface area (Å²) in [6, 6.07) is 5.51. The average Bonchev–Trinajstić information content (AvgIpc) is 2.44. The van der Waals surface area contributed by atoms with Gasteiger partial charge in [0.25, 0.3) is 0 Å². The number of hydrogen-bond donors (Lipinski definition) is 1. The maximum absolute atomic E-state index is 12.7. The predicted octanol–water partition coefficient (Wildman–Crippen LogP) is 2.84. The summed E-state index contributed by atoms with van der Waals surface area (Å²) in [5.74, 6) is 0.0705. The van der Waals surface area contributed by atoms with E-state index < -0.39 is 11.7 Å². The second-order valence-corrected chi connectivity index (χ2v) is 5.95. The molecule has 1 aliphatic heterocycles. The van der Waals surface area contributed by atoms with E-state index in [1.54, 1.807) is 6.07 Å². The van der Waals surface area contributed by atoms with Crippen LogP contribution in [0.4, 0.5) is 13.2 Å². The minimum atomic E-state index is -4.29. The van der Waals surface area contributed by atoms with E-state index in [2.05, 4.69) is 0 Å². The van der Waals surface area contributed by atoms with E-state index in [4.69, 9.17) is 5.73 Å². The van der Waals surface area contributed by atoms with Crippen molar-refractivity contribution in [3.8, 4) is 0 Å². The molecule has 1 aromatic carbocycles. The molecule has 1 aromatic rings. The SMILES string of the molecule is NC(=O)CN1CCCC(CCc2cccc(C(F)(F)F)c2)C1. The van der Waals surface area contributed by atoms with Crippen LogP contribution in [0.1, 0.15) is 30.4 Å². The van der Waals surface area contributed by atoms with Gasteiger partial charge in [0, 0.05) is 6.54 Å². The number of benzene rings is 1. The van der Waals surface area contributed by atoms with Crippen molar-refractivity contribution in [2.24, 2.45) is 11.7 Å². The van der Waals surface area contributed by atoms with Crippen LogP contribution in [-0.2, 0) is 17.4 Å². The van der Waals surface area contributed by atoms with E-state index in [9.17, 15) is 18.0 Å². The number of primary amides is 1. The van der Waals surface area contributed by atoms with Gasteiger partial charge in [-0.3, -0.25) is 9.69 Å². The van der Waals surface area contributed by atoms with Crippen LogP contribution in [0, 0.1) is 5.92 Å². The van der Waals surface area contributed by atoms with Crippen molar-refractivity contribution in [3.63, 3.8) is 0 Å². The third-order valence-electron chi connectivity index (χ3n) is 4.08. The fraction of sp³-hybridized carbons (Fsp3) is 0.562. The number of halogens is 3. The third-order valence-corrected chi connectivity index (χ3v) is 4.08. The summed E-state index contributed by atoms with van der Waals surface area (Å²) in [4.78, 5) is 13.0. The first-order chi connectivity index (χ1) is 10.3. The third kappa shape index (κ3) is 5.02. The Kier molecular flexibility index (Phi) is 5.45. The molecule has 0 aliphatic carbocycles. The normalized spacial score (nSPS) is 20.0. The van der Waals surface area contributed by atoms with Crippen LogP contribution < -0.4 is 5.73 Å². The number of amides is 1. The van der Waals surface area contributed by atoms with Crippen molar-refractivity contribution in [2.75, 3.05) is 19.6 Å². The number of likely N-dealkylation sites (tertiary alicyclic amines) is 1. The minimum absolute atomic E-state index is 0.264. The molecule has 2 rings (SSSR count). The molecule has 3 nitrogen and oxygen atoms in total. The Morgan fingerprint density at radius 3 is 2.82 bits per heavy atom. The molecule has 1 amide bonds. The van der Waals surface area contributed by atoms with E-state index >= 15 is 0 Å². The summed E-state index contributed by atoms with van der Waals surface area (Å²) < 4.78 is 38.1. The van der Waals surface area contributed by atoms with Gasteiger partial charge in [-0.05, 0) is 49.8 Å². The Balaban J connectivity index is 1.88. The fourth-order valence-electron chi connectivity index (χ4n) is 3.02. The molecule has 1 fully saturated rings. The molecule has 0 saturated carbocycles. The molecule has 0 radical (unpaired) electrons. The topological polar surface area (TPSA) is 46.3 Å². The fourth-order valence-corrected chi connectivity index (χ4v) is 3.02. The average molecular weight is 314 g/mol. The summed E-state index contributed by atoms with van der Waals surface area (Å²) in [6.45, 7) is 1.92. The molecular weight excluding hydrogens is 293 g/mol. The van der Waals surface area contributed by atoms with Gasteiger partial charge in [0.15, 0.2) is 0 Å². The molecule has 2 N–H and O–H groups in total. The number of piperidine rings is 1. The lowest BCUT2D eigenvalue weighted by atomic mass is 9.91. The zero-order valence-corrected chi connectivity index (χ0v) is 12.4. The Morgan fingerprint density at radius 2 is 2.14 bits per heavy atom. The van der Waals surface area contributed by atoms with Gasteiger partial charge in [-0.1, -0.05) is 18.2 Å². The van der Waals surface area contributed by atoms with Gasteiger partial charge >= 0.3 is 6.18 Å². The van der Waals surface area contributed by atoms with E-state index in [0.29, 0.717) is 17.9 Å². The first kappa shape index (κ1) is 16.8. The number of nitrogens with two attached hydrogens (primary N) is 1. The summed E-state index contributed by atoms with van der Waals surface area (Å²) in [6.07, 6.45) is -0.788. The van der Waals surface area contributed by atoms with E-state index in [1.807, 2.05) is 4.90 Å². The minimum Gasteiger partial charge on any atom is -0.369 e. The Labute approximate surface area is 128 Å². The van der Waals surface area contributed by atoms with Gasteiger partial charge in [-0.15, -0.1) is 0 Å². The molecule has 1 aliphatic rings. The summed E-state index contributed by atoms with van der Waals surface area (Å²) in [5, 5.41) is 0.